The van der Waals surface area contributed by atoms with Crippen LogP contribution in [0.15, 0.2) is 35.5 Å². The second-order valence-electron chi connectivity index (χ2n) is 6.27. The lowest BCUT2D eigenvalue weighted by Crippen LogP contribution is -2.43. The maximum Gasteiger partial charge on any atom is 0.218 e. The van der Waals surface area contributed by atoms with Crippen molar-refractivity contribution in [3.05, 3.63) is 45.8 Å². The van der Waals surface area contributed by atoms with E-state index in [0.29, 0.717) is 25.6 Å². The summed E-state index contributed by atoms with van der Waals surface area (Å²) >= 11 is 1.84. The van der Waals surface area contributed by atoms with Crippen LogP contribution in [0.1, 0.15) is 29.2 Å². The van der Waals surface area contributed by atoms with E-state index in [2.05, 4.69) is 48.5 Å². The first-order valence-electron chi connectivity index (χ1n) is 9.28. The lowest BCUT2D eigenvalue weighted by atomic mass is 10.2. The summed E-state index contributed by atoms with van der Waals surface area (Å²) in [5.74, 6) is 1.40. The van der Waals surface area contributed by atoms with Crippen molar-refractivity contribution < 1.29 is 9.47 Å². The van der Waals surface area contributed by atoms with Crippen molar-refractivity contribution in [1.29, 1.82) is 0 Å². The minimum atomic E-state index is 0. The lowest BCUT2D eigenvalue weighted by molar-refractivity contribution is 0.143. The molecule has 0 aliphatic heterocycles. The molecule has 156 valence electrons. The number of ether oxygens (including phenoxy) is 2. The molecule has 2 rings (SSSR count). The average molecular weight is 518 g/mol. The fourth-order valence-electron chi connectivity index (χ4n) is 2.56. The van der Waals surface area contributed by atoms with Crippen molar-refractivity contribution in [3.8, 4) is 5.88 Å². The number of aryl methyl sites for hydroxylation is 1. The summed E-state index contributed by atoms with van der Waals surface area (Å²) in [6.07, 6.45) is 2.70. The zero-order chi connectivity index (χ0) is 19.5. The molecule has 1 unspecified atom stereocenters. The van der Waals surface area contributed by atoms with E-state index in [9.17, 15) is 0 Å². The van der Waals surface area contributed by atoms with Crippen LogP contribution in [0.3, 0.4) is 0 Å². The van der Waals surface area contributed by atoms with Gasteiger partial charge in [-0.2, -0.15) is 0 Å². The van der Waals surface area contributed by atoms with E-state index >= 15 is 0 Å². The molecule has 0 radical (unpaired) electrons. The first-order valence-corrected chi connectivity index (χ1v) is 10.1. The summed E-state index contributed by atoms with van der Waals surface area (Å²) in [7, 11) is 1.65. The Morgan fingerprint density at radius 2 is 2.11 bits per heavy atom. The van der Waals surface area contributed by atoms with E-state index in [4.69, 9.17) is 14.5 Å². The maximum atomic E-state index is 5.69. The Labute approximate surface area is 189 Å². The Hall–Kier alpha value is -1.39. The Kier molecular flexibility index (Phi) is 12.1. The molecule has 0 bridgehead atoms. The Balaban J connectivity index is 0.00000392. The number of rotatable bonds is 10. The van der Waals surface area contributed by atoms with Gasteiger partial charge in [0.1, 0.15) is 6.61 Å². The molecule has 2 aromatic heterocycles. The minimum Gasteiger partial charge on any atom is -0.475 e. The van der Waals surface area contributed by atoms with Gasteiger partial charge in [-0.1, -0.05) is 6.07 Å². The van der Waals surface area contributed by atoms with Crippen LogP contribution >= 0.6 is 35.3 Å². The van der Waals surface area contributed by atoms with Gasteiger partial charge in [0.05, 0.1) is 13.2 Å². The fourth-order valence-corrected chi connectivity index (χ4v) is 3.58. The van der Waals surface area contributed by atoms with Crippen LogP contribution in [-0.4, -0.2) is 43.9 Å². The van der Waals surface area contributed by atoms with E-state index in [0.717, 1.165) is 24.5 Å². The molecule has 0 saturated carbocycles. The number of methoxy groups -OCH3 is 1. The van der Waals surface area contributed by atoms with Gasteiger partial charge in [-0.15, -0.1) is 35.3 Å². The number of guanidine groups is 1. The van der Waals surface area contributed by atoms with Crippen LogP contribution in [0.2, 0.25) is 0 Å². The normalized spacial score (nSPS) is 12.2. The van der Waals surface area contributed by atoms with E-state index in [1.807, 2.05) is 23.5 Å². The van der Waals surface area contributed by atoms with Gasteiger partial charge in [-0.3, -0.25) is 0 Å². The molecular formula is C20H31IN4O2S. The lowest BCUT2D eigenvalue weighted by Gasteiger charge is -2.17. The zero-order valence-corrected chi connectivity index (χ0v) is 20.2. The number of thiophene rings is 1. The van der Waals surface area contributed by atoms with Crippen molar-refractivity contribution >= 4 is 41.3 Å². The number of nitrogens with one attached hydrogen (secondary N) is 2. The number of pyridine rings is 1. The fraction of sp³-hybridized carbons (Fsp3) is 0.500. The molecule has 6 nitrogen and oxygen atoms in total. The molecular weight excluding hydrogens is 487 g/mol. The van der Waals surface area contributed by atoms with Gasteiger partial charge < -0.3 is 20.1 Å². The summed E-state index contributed by atoms with van der Waals surface area (Å²) in [5.41, 5.74) is 0.951. The molecule has 28 heavy (non-hydrogen) atoms. The third-order valence-electron chi connectivity index (χ3n) is 3.81. The average Bonchev–Trinajstić information content (AvgIpc) is 3.05. The molecule has 2 N–H and O–H groups in total. The Morgan fingerprint density at radius 3 is 2.79 bits per heavy atom. The van der Waals surface area contributed by atoms with Crippen LogP contribution in [0.4, 0.5) is 0 Å². The van der Waals surface area contributed by atoms with Crippen LogP contribution in [0, 0.1) is 6.92 Å². The van der Waals surface area contributed by atoms with Gasteiger partial charge in [0.25, 0.3) is 0 Å². The zero-order valence-electron chi connectivity index (χ0n) is 17.0. The van der Waals surface area contributed by atoms with Crippen molar-refractivity contribution in [1.82, 2.24) is 15.6 Å². The van der Waals surface area contributed by atoms with E-state index in [-0.39, 0.29) is 30.0 Å². The predicted molar refractivity (Wildman–Crippen MR) is 127 cm³/mol. The molecule has 0 spiro atoms. The highest BCUT2D eigenvalue weighted by molar-refractivity contribution is 14.0. The molecule has 0 aliphatic rings. The number of aliphatic imine (C=N–C) groups is 1. The molecule has 2 heterocycles. The van der Waals surface area contributed by atoms with Crippen molar-refractivity contribution in [3.63, 3.8) is 0 Å². The first kappa shape index (κ1) is 24.6. The van der Waals surface area contributed by atoms with Crippen molar-refractivity contribution in [2.24, 2.45) is 4.99 Å². The SMILES string of the molecule is CCNC(=NCc1cccnc1OCCOC)NC(C)Cc1ccc(C)s1.I. The third kappa shape index (κ3) is 8.74. The summed E-state index contributed by atoms with van der Waals surface area (Å²) in [4.78, 5) is 11.7. The van der Waals surface area contributed by atoms with Gasteiger partial charge in [-0.05, 0) is 39.0 Å². The number of nitrogens with zero attached hydrogens (tertiary/aromatic N) is 2. The number of halogens is 1. The van der Waals surface area contributed by atoms with Gasteiger partial charge in [0.2, 0.25) is 5.88 Å². The maximum absolute atomic E-state index is 5.69. The summed E-state index contributed by atoms with van der Waals surface area (Å²) in [6, 6.07) is 8.53. The van der Waals surface area contributed by atoms with Gasteiger partial charge in [0, 0.05) is 47.6 Å². The minimum absolute atomic E-state index is 0. The molecule has 0 fully saturated rings. The van der Waals surface area contributed by atoms with E-state index in [1.54, 1.807) is 13.3 Å². The highest BCUT2D eigenvalue weighted by Gasteiger charge is 2.09. The predicted octanol–water partition coefficient (Wildman–Crippen LogP) is 3.78. The summed E-state index contributed by atoms with van der Waals surface area (Å²) < 4.78 is 10.7. The quantitative estimate of drug-likeness (QED) is 0.217. The highest BCUT2D eigenvalue weighted by atomic mass is 127. The number of hydrogen-bond acceptors (Lipinski definition) is 5. The first-order chi connectivity index (χ1) is 13.1. The molecule has 0 aliphatic carbocycles. The highest BCUT2D eigenvalue weighted by Crippen LogP contribution is 2.17. The summed E-state index contributed by atoms with van der Waals surface area (Å²) in [5, 5.41) is 6.79. The van der Waals surface area contributed by atoms with Crippen LogP contribution in [-0.2, 0) is 17.7 Å². The molecule has 0 amide bonds. The van der Waals surface area contributed by atoms with Crippen molar-refractivity contribution in [2.75, 3.05) is 26.9 Å². The van der Waals surface area contributed by atoms with Gasteiger partial charge in [-0.25, -0.2) is 9.98 Å². The molecule has 8 heteroatoms. The topological polar surface area (TPSA) is 67.8 Å². The van der Waals surface area contributed by atoms with E-state index < -0.39 is 0 Å². The van der Waals surface area contributed by atoms with Crippen LogP contribution in [0.25, 0.3) is 0 Å². The standard InChI is InChI=1S/C20H30N4O2S.HI/c1-5-21-20(24-15(2)13-18-9-8-16(3)27-18)23-14-17-7-6-10-22-19(17)26-12-11-25-4;/h6-10,15H,5,11-14H2,1-4H3,(H2,21,23,24);1H. The second-order valence-corrected chi connectivity index (χ2v) is 7.64. The molecule has 0 aromatic carbocycles. The Bertz CT molecular complexity index is 724. The molecule has 0 saturated heterocycles. The van der Waals surface area contributed by atoms with Crippen LogP contribution < -0.4 is 15.4 Å². The van der Waals surface area contributed by atoms with E-state index in [1.165, 1.54) is 9.75 Å². The Morgan fingerprint density at radius 1 is 1.29 bits per heavy atom. The van der Waals surface area contributed by atoms with Gasteiger partial charge >= 0.3 is 0 Å². The van der Waals surface area contributed by atoms with Crippen LogP contribution in [0.5, 0.6) is 5.88 Å². The monoisotopic (exact) mass is 518 g/mol. The second kappa shape index (κ2) is 13.7. The number of aromatic nitrogens is 1. The molecule has 2 aromatic rings. The van der Waals surface area contributed by atoms with Crippen molar-refractivity contribution in [2.45, 2.75) is 39.8 Å². The smallest absolute Gasteiger partial charge is 0.218 e. The van der Waals surface area contributed by atoms with Gasteiger partial charge in [0.15, 0.2) is 5.96 Å². The number of hydrogen-bond donors (Lipinski definition) is 2. The third-order valence-corrected chi connectivity index (χ3v) is 4.84. The largest absolute Gasteiger partial charge is 0.475 e. The molecule has 1 atom stereocenters. The summed E-state index contributed by atoms with van der Waals surface area (Å²) in [6.45, 7) is 8.68.